The van der Waals surface area contributed by atoms with Crippen LogP contribution in [0.3, 0.4) is 0 Å². The largest absolute Gasteiger partial charge is 0.0885 e. The van der Waals surface area contributed by atoms with Crippen LogP contribution in [0, 0.1) is 18.8 Å². The maximum absolute atomic E-state index is 4.23. The first kappa shape index (κ1) is 9.83. The molecule has 0 aliphatic heterocycles. The molecule has 0 N–H and O–H groups in total. The van der Waals surface area contributed by atoms with Gasteiger partial charge in [-0.15, -0.1) is 0 Å². The molecule has 1 aliphatic rings. The Bertz CT molecular complexity index is 135. The van der Waals surface area contributed by atoms with Crippen LogP contribution in [0.4, 0.5) is 0 Å². The lowest BCUT2D eigenvalue weighted by Crippen LogP contribution is -2.11. The lowest BCUT2D eigenvalue weighted by atomic mass is 9.83. The molecule has 0 saturated carbocycles. The summed E-state index contributed by atoms with van der Waals surface area (Å²) in [6.07, 6.45) is 12.6. The Labute approximate surface area is 77.1 Å². The highest BCUT2D eigenvalue weighted by atomic mass is 14.2. The third kappa shape index (κ3) is 3.00. The number of rotatable bonds is 2. The number of hydrogen-bond acceptors (Lipinski definition) is 0. The molecule has 0 spiro atoms. The van der Waals surface area contributed by atoms with Crippen LogP contribution >= 0.6 is 0 Å². The van der Waals surface area contributed by atoms with Crippen molar-refractivity contribution < 1.29 is 0 Å². The zero-order valence-corrected chi connectivity index (χ0v) is 8.26. The third-order valence-electron chi connectivity index (χ3n) is 3.01. The molecule has 12 heavy (non-hydrogen) atoms. The predicted molar refractivity (Wildman–Crippen MR) is 54.9 cm³/mol. The summed E-state index contributed by atoms with van der Waals surface area (Å²) in [5.74, 6) is 1.58. The molecule has 69 valence electrons. The van der Waals surface area contributed by atoms with E-state index in [0.717, 1.165) is 5.92 Å². The topological polar surface area (TPSA) is 0 Å². The van der Waals surface area contributed by atoms with Gasteiger partial charge in [-0.3, -0.25) is 0 Å². The van der Waals surface area contributed by atoms with Crippen molar-refractivity contribution in [1.29, 1.82) is 0 Å². The van der Waals surface area contributed by atoms with Crippen LogP contribution in [0.2, 0.25) is 0 Å². The maximum atomic E-state index is 4.23. The summed E-state index contributed by atoms with van der Waals surface area (Å²) in [4.78, 5) is 0. The molecule has 0 amide bonds. The van der Waals surface area contributed by atoms with E-state index in [4.69, 9.17) is 0 Å². The van der Waals surface area contributed by atoms with Crippen molar-refractivity contribution in [3.8, 4) is 0 Å². The Morgan fingerprint density at radius 1 is 1.33 bits per heavy atom. The molecule has 0 bridgehead atoms. The van der Waals surface area contributed by atoms with Crippen molar-refractivity contribution in [1.82, 2.24) is 0 Å². The molecule has 0 aromatic carbocycles. The Kier molecular flexibility index (Phi) is 4.42. The molecule has 2 atom stereocenters. The average molecular weight is 165 g/mol. The summed E-state index contributed by atoms with van der Waals surface area (Å²) in [7, 11) is 0. The zero-order chi connectivity index (χ0) is 8.81. The lowest BCUT2D eigenvalue weighted by molar-refractivity contribution is 0.327. The Morgan fingerprint density at radius 3 is 2.83 bits per heavy atom. The monoisotopic (exact) mass is 165 g/mol. The minimum atomic E-state index is 0.691. The fourth-order valence-corrected chi connectivity index (χ4v) is 1.99. The van der Waals surface area contributed by atoms with Crippen LogP contribution < -0.4 is 0 Å². The van der Waals surface area contributed by atoms with Crippen molar-refractivity contribution >= 4 is 0 Å². The molecule has 1 rings (SSSR count). The van der Waals surface area contributed by atoms with Crippen LogP contribution in [0.5, 0.6) is 0 Å². The quantitative estimate of drug-likeness (QED) is 0.543. The van der Waals surface area contributed by atoms with Crippen LogP contribution in [0.1, 0.15) is 45.4 Å². The second kappa shape index (κ2) is 5.40. The van der Waals surface area contributed by atoms with E-state index in [1.54, 1.807) is 0 Å². The number of allylic oxidation sites excluding steroid dienone is 2. The van der Waals surface area contributed by atoms with E-state index in [0.29, 0.717) is 5.92 Å². The smallest absolute Gasteiger partial charge is 0.0348 e. The van der Waals surface area contributed by atoms with Gasteiger partial charge in [0.1, 0.15) is 0 Å². The van der Waals surface area contributed by atoms with Gasteiger partial charge >= 0.3 is 0 Å². The molecule has 2 unspecified atom stereocenters. The van der Waals surface area contributed by atoms with Crippen LogP contribution in [0.15, 0.2) is 12.2 Å². The highest BCUT2D eigenvalue weighted by molar-refractivity contribution is 4.86. The molecule has 1 radical (unpaired) electrons. The predicted octanol–water partition coefficient (Wildman–Crippen LogP) is 3.98. The summed E-state index contributed by atoms with van der Waals surface area (Å²) in [6, 6.07) is 0. The van der Waals surface area contributed by atoms with Crippen molar-refractivity contribution in [2.75, 3.05) is 0 Å². The van der Waals surface area contributed by atoms with Gasteiger partial charge in [0.05, 0.1) is 0 Å². The SMILES string of the molecule is [CH2]C(CC)C1CCC=CCCC1. The average Bonchev–Trinajstić information content (AvgIpc) is 2.02. The summed E-state index contributed by atoms with van der Waals surface area (Å²) >= 11 is 0. The molecule has 0 aromatic heterocycles. The van der Waals surface area contributed by atoms with Crippen molar-refractivity contribution in [3.63, 3.8) is 0 Å². The highest BCUT2D eigenvalue weighted by Crippen LogP contribution is 2.27. The Balaban J connectivity index is 2.36. The molecule has 0 nitrogen and oxygen atoms in total. The van der Waals surface area contributed by atoms with Gasteiger partial charge in [0.2, 0.25) is 0 Å². The van der Waals surface area contributed by atoms with Crippen molar-refractivity contribution in [3.05, 3.63) is 19.1 Å². The van der Waals surface area contributed by atoms with Gasteiger partial charge in [-0.05, 0) is 50.9 Å². The second-order valence-electron chi connectivity index (χ2n) is 3.91. The molecule has 1 aliphatic carbocycles. The molecule has 0 heteroatoms. The van der Waals surface area contributed by atoms with E-state index in [-0.39, 0.29) is 0 Å². The van der Waals surface area contributed by atoms with E-state index in [1.165, 1.54) is 38.5 Å². The normalized spacial score (nSPS) is 27.7. The summed E-state index contributed by atoms with van der Waals surface area (Å²) in [5.41, 5.74) is 0. The number of hydrogen-bond donors (Lipinski definition) is 0. The van der Waals surface area contributed by atoms with Crippen LogP contribution in [-0.2, 0) is 0 Å². The third-order valence-corrected chi connectivity index (χ3v) is 3.01. The van der Waals surface area contributed by atoms with Crippen molar-refractivity contribution in [2.45, 2.75) is 45.4 Å². The molecule has 0 heterocycles. The van der Waals surface area contributed by atoms with Crippen LogP contribution in [-0.4, -0.2) is 0 Å². The standard InChI is InChI=1S/C12H21/c1-3-11(2)12-9-7-5-4-6-8-10-12/h4-5,11-12H,2-3,6-10H2,1H3. The summed E-state index contributed by atoms with van der Waals surface area (Å²) in [5, 5.41) is 0. The minimum Gasteiger partial charge on any atom is -0.0885 e. The minimum absolute atomic E-state index is 0.691. The molecule has 0 fully saturated rings. The van der Waals surface area contributed by atoms with Crippen LogP contribution in [0.25, 0.3) is 0 Å². The van der Waals surface area contributed by atoms with Gasteiger partial charge in [0, 0.05) is 0 Å². The summed E-state index contributed by atoms with van der Waals surface area (Å²) < 4.78 is 0. The van der Waals surface area contributed by atoms with Gasteiger partial charge in [-0.2, -0.15) is 0 Å². The van der Waals surface area contributed by atoms with E-state index in [2.05, 4.69) is 26.0 Å². The fourth-order valence-electron chi connectivity index (χ4n) is 1.99. The summed E-state index contributed by atoms with van der Waals surface area (Å²) in [6.45, 7) is 6.48. The first-order valence-corrected chi connectivity index (χ1v) is 5.32. The van der Waals surface area contributed by atoms with E-state index in [9.17, 15) is 0 Å². The lowest BCUT2D eigenvalue weighted by Gasteiger charge is -2.23. The highest BCUT2D eigenvalue weighted by Gasteiger charge is 2.15. The molecular weight excluding hydrogens is 144 g/mol. The maximum Gasteiger partial charge on any atom is -0.0348 e. The first-order chi connectivity index (χ1) is 5.84. The van der Waals surface area contributed by atoms with Gasteiger partial charge < -0.3 is 0 Å². The van der Waals surface area contributed by atoms with Gasteiger partial charge in [-0.1, -0.05) is 25.5 Å². The zero-order valence-electron chi connectivity index (χ0n) is 8.26. The van der Waals surface area contributed by atoms with Gasteiger partial charge in [0.25, 0.3) is 0 Å². The molecule has 0 aromatic rings. The fraction of sp³-hybridized carbons (Fsp3) is 0.750. The Hall–Kier alpha value is -0.260. The second-order valence-corrected chi connectivity index (χ2v) is 3.91. The van der Waals surface area contributed by atoms with Gasteiger partial charge in [0.15, 0.2) is 0 Å². The van der Waals surface area contributed by atoms with Crippen molar-refractivity contribution in [2.24, 2.45) is 11.8 Å². The molecular formula is C12H21. The van der Waals surface area contributed by atoms with E-state index >= 15 is 0 Å². The Morgan fingerprint density at radius 2 is 2.08 bits per heavy atom. The molecule has 0 saturated heterocycles. The van der Waals surface area contributed by atoms with Gasteiger partial charge in [-0.25, -0.2) is 0 Å². The first-order valence-electron chi connectivity index (χ1n) is 5.32. The van der Waals surface area contributed by atoms with E-state index in [1.807, 2.05) is 0 Å². The van der Waals surface area contributed by atoms with E-state index < -0.39 is 0 Å².